The van der Waals surface area contributed by atoms with Gasteiger partial charge in [0.05, 0.1) is 6.61 Å². The van der Waals surface area contributed by atoms with Crippen LogP contribution in [0.3, 0.4) is 0 Å². The minimum Gasteiger partial charge on any atom is -0.435 e. The van der Waals surface area contributed by atoms with E-state index in [1.807, 2.05) is 18.2 Å². The zero-order valence-corrected chi connectivity index (χ0v) is 14.0. The molecule has 2 rings (SSSR count). The second kappa shape index (κ2) is 8.63. The molecule has 24 heavy (non-hydrogen) atoms. The molecule has 1 saturated heterocycles. The molecule has 0 saturated carbocycles. The zero-order valence-electron chi connectivity index (χ0n) is 14.0. The molecule has 0 radical (unpaired) electrons. The highest BCUT2D eigenvalue weighted by atomic mass is 16.7. The van der Waals surface area contributed by atoms with Gasteiger partial charge < -0.3 is 14.4 Å². The summed E-state index contributed by atoms with van der Waals surface area (Å²) in [6, 6.07) is 10.2. The number of ether oxygens (including phenoxy) is 2. The summed E-state index contributed by atoms with van der Waals surface area (Å²) in [6.45, 7) is 3.71. The Bertz CT molecular complexity index is 541. The Morgan fingerprint density at radius 1 is 1.29 bits per heavy atom. The van der Waals surface area contributed by atoms with Crippen LogP contribution in [0, 0.1) is 10.1 Å². The second-order valence-electron chi connectivity index (χ2n) is 6.04. The minimum absolute atomic E-state index is 0.191. The van der Waals surface area contributed by atoms with Crippen molar-refractivity contribution in [2.45, 2.75) is 31.8 Å². The van der Waals surface area contributed by atoms with Gasteiger partial charge in [0.15, 0.2) is 5.60 Å². The van der Waals surface area contributed by atoms with E-state index in [2.05, 4.69) is 17.0 Å². The number of carbonyl (C=O) groups excluding carboxylic acids is 1. The van der Waals surface area contributed by atoms with Gasteiger partial charge in [0.1, 0.15) is 0 Å². The SMILES string of the molecule is CCOC(=O)OC1(C[N+](=O)[O-])CCN(CCc2ccccc2)CC1. The lowest BCUT2D eigenvalue weighted by Gasteiger charge is -2.38. The van der Waals surface area contributed by atoms with Crippen LogP contribution in [0.15, 0.2) is 30.3 Å². The van der Waals surface area contributed by atoms with Gasteiger partial charge >= 0.3 is 6.16 Å². The van der Waals surface area contributed by atoms with Gasteiger partial charge in [-0.2, -0.15) is 0 Å². The highest BCUT2D eigenvalue weighted by Crippen LogP contribution is 2.27. The first-order valence-electron chi connectivity index (χ1n) is 8.27. The zero-order chi connectivity index (χ0) is 17.4. The van der Waals surface area contributed by atoms with E-state index >= 15 is 0 Å². The Kier molecular flexibility index (Phi) is 6.54. The van der Waals surface area contributed by atoms with E-state index < -0.39 is 16.7 Å². The summed E-state index contributed by atoms with van der Waals surface area (Å²) in [6.07, 6.45) is 1.00. The third-order valence-electron chi connectivity index (χ3n) is 4.31. The maximum absolute atomic E-state index is 11.6. The van der Waals surface area contributed by atoms with Crippen LogP contribution in [0.5, 0.6) is 0 Å². The van der Waals surface area contributed by atoms with E-state index in [1.54, 1.807) is 6.92 Å². The Labute approximate surface area is 141 Å². The van der Waals surface area contributed by atoms with Crippen molar-refractivity contribution in [1.29, 1.82) is 0 Å². The minimum atomic E-state index is -1.06. The summed E-state index contributed by atoms with van der Waals surface area (Å²) >= 11 is 0. The molecule has 0 atom stereocenters. The third kappa shape index (κ3) is 5.49. The van der Waals surface area contributed by atoms with Crippen molar-refractivity contribution in [2.75, 3.05) is 32.8 Å². The quantitative estimate of drug-likeness (QED) is 0.432. The highest BCUT2D eigenvalue weighted by molar-refractivity contribution is 5.60. The van der Waals surface area contributed by atoms with Crippen molar-refractivity contribution >= 4 is 6.16 Å². The third-order valence-corrected chi connectivity index (χ3v) is 4.31. The fourth-order valence-electron chi connectivity index (χ4n) is 2.97. The lowest BCUT2D eigenvalue weighted by molar-refractivity contribution is -0.501. The predicted molar refractivity (Wildman–Crippen MR) is 88.5 cm³/mol. The number of hydrogen-bond acceptors (Lipinski definition) is 6. The Morgan fingerprint density at radius 3 is 2.54 bits per heavy atom. The second-order valence-corrected chi connectivity index (χ2v) is 6.04. The van der Waals surface area contributed by atoms with Gasteiger partial charge in [0.2, 0.25) is 6.54 Å². The molecule has 0 bridgehead atoms. The molecule has 1 aliphatic rings. The fourth-order valence-corrected chi connectivity index (χ4v) is 2.97. The lowest BCUT2D eigenvalue weighted by Crippen LogP contribution is -2.51. The Morgan fingerprint density at radius 2 is 1.96 bits per heavy atom. The number of carbonyl (C=O) groups is 1. The smallest absolute Gasteiger partial charge is 0.435 e. The van der Waals surface area contributed by atoms with Crippen LogP contribution in [0.4, 0.5) is 4.79 Å². The number of rotatable bonds is 7. The first-order valence-corrected chi connectivity index (χ1v) is 8.27. The molecule has 1 fully saturated rings. The van der Waals surface area contributed by atoms with Crippen LogP contribution in [0.1, 0.15) is 25.3 Å². The summed E-state index contributed by atoms with van der Waals surface area (Å²) in [5.41, 5.74) is 0.210. The summed E-state index contributed by atoms with van der Waals surface area (Å²) in [5.74, 6) is 0. The average Bonchev–Trinajstić information content (AvgIpc) is 2.55. The van der Waals surface area contributed by atoms with Crippen LogP contribution in [-0.2, 0) is 15.9 Å². The Hall–Kier alpha value is -2.15. The van der Waals surface area contributed by atoms with Gasteiger partial charge in [-0.1, -0.05) is 30.3 Å². The molecular formula is C17H24N2O5. The maximum atomic E-state index is 11.6. The van der Waals surface area contributed by atoms with E-state index in [4.69, 9.17) is 9.47 Å². The molecule has 132 valence electrons. The molecule has 1 heterocycles. The van der Waals surface area contributed by atoms with Crippen molar-refractivity contribution in [1.82, 2.24) is 4.90 Å². The van der Waals surface area contributed by atoms with Crippen molar-refractivity contribution in [3.8, 4) is 0 Å². The first kappa shape index (κ1) is 18.2. The van der Waals surface area contributed by atoms with Crippen LogP contribution in [0.25, 0.3) is 0 Å². The molecule has 0 aromatic heterocycles. The number of likely N-dealkylation sites (tertiary alicyclic amines) is 1. The molecule has 0 amide bonds. The number of nitro groups is 1. The standard InChI is InChI=1S/C17H24N2O5/c1-2-23-16(20)24-17(14-19(21)22)9-12-18(13-10-17)11-8-15-6-4-3-5-7-15/h3-7H,2,8-14H2,1H3. The Balaban J connectivity index is 1.88. The van der Waals surface area contributed by atoms with Crippen molar-refractivity contribution in [3.05, 3.63) is 46.0 Å². The van der Waals surface area contributed by atoms with Crippen molar-refractivity contribution in [3.63, 3.8) is 0 Å². The summed E-state index contributed by atoms with van der Waals surface area (Å²) in [7, 11) is 0. The van der Waals surface area contributed by atoms with E-state index in [9.17, 15) is 14.9 Å². The molecule has 0 N–H and O–H groups in total. The molecule has 1 aliphatic heterocycles. The number of benzene rings is 1. The van der Waals surface area contributed by atoms with Gasteiger partial charge in [-0.05, 0) is 18.9 Å². The molecule has 7 nitrogen and oxygen atoms in total. The molecule has 7 heteroatoms. The van der Waals surface area contributed by atoms with E-state index in [0.29, 0.717) is 25.9 Å². The largest absolute Gasteiger partial charge is 0.509 e. The van der Waals surface area contributed by atoms with Gasteiger partial charge in [-0.25, -0.2) is 4.79 Å². The summed E-state index contributed by atoms with van der Waals surface area (Å²) < 4.78 is 10.1. The number of piperidine rings is 1. The van der Waals surface area contributed by atoms with Gasteiger partial charge in [0, 0.05) is 37.4 Å². The highest BCUT2D eigenvalue weighted by Gasteiger charge is 2.43. The maximum Gasteiger partial charge on any atom is 0.509 e. The van der Waals surface area contributed by atoms with Crippen LogP contribution in [0.2, 0.25) is 0 Å². The molecule has 0 unspecified atom stereocenters. The van der Waals surface area contributed by atoms with Gasteiger partial charge in [-0.3, -0.25) is 10.1 Å². The van der Waals surface area contributed by atoms with Crippen LogP contribution >= 0.6 is 0 Å². The fraction of sp³-hybridized carbons (Fsp3) is 0.588. The van der Waals surface area contributed by atoms with Gasteiger partial charge in [-0.15, -0.1) is 0 Å². The van der Waals surface area contributed by atoms with Crippen LogP contribution in [-0.4, -0.2) is 54.4 Å². The number of hydrogen-bond donors (Lipinski definition) is 0. The van der Waals surface area contributed by atoms with Crippen LogP contribution < -0.4 is 0 Å². The topological polar surface area (TPSA) is 81.9 Å². The van der Waals surface area contributed by atoms with Gasteiger partial charge in [0.25, 0.3) is 0 Å². The number of nitrogens with zero attached hydrogens (tertiary/aromatic N) is 2. The van der Waals surface area contributed by atoms with E-state index in [-0.39, 0.29) is 13.2 Å². The molecular weight excluding hydrogens is 312 g/mol. The van der Waals surface area contributed by atoms with Crippen molar-refractivity contribution in [2.24, 2.45) is 0 Å². The molecule has 1 aromatic rings. The average molecular weight is 336 g/mol. The van der Waals surface area contributed by atoms with E-state index in [0.717, 1.165) is 13.0 Å². The molecule has 0 aliphatic carbocycles. The summed E-state index contributed by atoms with van der Waals surface area (Å²) in [5, 5.41) is 11.0. The normalized spacial score (nSPS) is 17.2. The van der Waals surface area contributed by atoms with E-state index in [1.165, 1.54) is 5.56 Å². The lowest BCUT2D eigenvalue weighted by atomic mass is 9.91. The summed E-state index contributed by atoms with van der Waals surface area (Å²) in [4.78, 5) is 24.4. The monoisotopic (exact) mass is 336 g/mol. The first-order chi connectivity index (χ1) is 11.5. The molecule has 0 spiro atoms. The van der Waals surface area contributed by atoms with Crippen molar-refractivity contribution < 1.29 is 19.2 Å². The molecule has 1 aromatic carbocycles. The predicted octanol–water partition coefficient (Wildman–Crippen LogP) is 2.51.